The molecule has 0 spiro atoms. The quantitative estimate of drug-likeness (QED) is 0.0187. The van der Waals surface area contributed by atoms with E-state index < -0.39 is 0 Å². The van der Waals surface area contributed by atoms with Crippen molar-refractivity contribution in [1.82, 2.24) is 54.6 Å². The fourth-order valence-corrected chi connectivity index (χ4v) is 16.4. The molecular weight excluding hydrogens is 1500 g/mol. The van der Waals surface area contributed by atoms with E-state index >= 15 is 0 Å². The van der Waals surface area contributed by atoms with Crippen LogP contribution in [0, 0.1) is 11.8 Å². The van der Waals surface area contributed by atoms with Crippen LogP contribution < -0.4 is 19.5 Å². The molecule has 1 saturated heterocycles. The topological polar surface area (TPSA) is 230 Å². The molecule has 24 heteroatoms. The Labute approximate surface area is 686 Å². The number of carbonyl (C=O) groups is 3. The molecule has 1 fully saturated rings. The number of fused-ring (bicyclic) bond motifs is 9. The number of halogens is 3. The number of likely N-dealkylation sites (tertiary alicyclic amines) is 1. The Balaban J connectivity index is 0.000000158. The Morgan fingerprint density at radius 3 is 1.22 bits per heavy atom. The first-order valence-corrected chi connectivity index (χ1v) is 42.5. The second-order valence-corrected chi connectivity index (χ2v) is 32.3. The number of ether oxygens (including phenoxy) is 6. The Morgan fingerprint density at radius 1 is 0.474 bits per heavy atom. The van der Waals surface area contributed by atoms with Gasteiger partial charge in [-0.3, -0.25) is 19.4 Å². The number of unbranched alkanes of at least 4 members (excludes halogenated alkanes) is 9. The molecule has 6 aromatic carbocycles. The third-order valence-electron chi connectivity index (χ3n) is 21.6. The monoisotopic (exact) mass is 1610 g/mol. The van der Waals surface area contributed by atoms with Gasteiger partial charge in [-0.1, -0.05) is 131 Å². The predicted octanol–water partition coefficient (Wildman–Crippen LogP) is 19.8. The third-order valence-corrected chi connectivity index (χ3v) is 22.3. The number of hydrogen-bond acceptors (Lipinski definition) is 14. The molecule has 610 valence electrons. The Bertz CT molecular complexity index is 4660. The van der Waals surface area contributed by atoms with Crippen LogP contribution in [0.5, 0.6) is 17.2 Å². The van der Waals surface area contributed by atoms with E-state index in [9.17, 15) is 14.4 Å². The van der Waals surface area contributed by atoms with Crippen LogP contribution in [-0.4, -0.2) is 171 Å². The van der Waals surface area contributed by atoms with Crippen molar-refractivity contribution in [2.45, 2.75) is 168 Å². The summed E-state index contributed by atoms with van der Waals surface area (Å²) in [6.45, 7) is 21.5. The molecule has 0 aliphatic carbocycles. The van der Waals surface area contributed by atoms with Crippen LogP contribution in [0.3, 0.4) is 0 Å². The molecule has 5 N–H and O–H groups in total. The van der Waals surface area contributed by atoms with E-state index in [1.165, 1.54) is 68.4 Å². The maximum Gasteiger partial charge on any atom is 0.410 e. The minimum atomic E-state index is -0.306. The van der Waals surface area contributed by atoms with Crippen molar-refractivity contribution in [2.24, 2.45) is 11.8 Å². The van der Waals surface area contributed by atoms with Gasteiger partial charge in [0, 0.05) is 97.6 Å². The highest BCUT2D eigenvalue weighted by Gasteiger charge is 2.39. The highest BCUT2D eigenvalue weighted by atomic mass is 35.5. The molecule has 3 unspecified atom stereocenters. The van der Waals surface area contributed by atoms with Crippen LogP contribution in [0.1, 0.15) is 193 Å². The van der Waals surface area contributed by atoms with Crippen LogP contribution in [0.4, 0.5) is 14.4 Å². The average Bonchev–Trinajstić information content (AvgIpc) is 1.60. The van der Waals surface area contributed by atoms with Gasteiger partial charge in [0.25, 0.3) is 0 Å². The minimum Gasteiger partial charge on any atom is -0.494 e. The summed E-state index contributed by atoms with van der Waals surface area (Å²) >= 11 is 18.9. The molecule has 10 aromatic rings. The van der Waals surface area contributed by atoms with E-state index in [1.807, 2.05) is 164 Å². The lowest BCUT2D eigenvalue weighted by atomic mass is 9.92. The molecule has 21 nitrogen and oxygen atoms in total. The van der Waals surface area contributed by atoms with Gasteiger partial charge in [-0.15, -0.1) is 0 Å². The van der Waals surface area contributed by atoms with E-state index in [0.29, 0.717) is 74.3 Å². The first-order valence-electron chi connectivity index (χ1n) is 41.4. The number of aliphatic hydroxyl groups excluding tert-OH is 1. The molecular formula is C90H114Cl3N11O10. The zero-order valence-electron chi connectivity index (χ0n) is 66.9. The summed E-state index contributed by atoms with van der Waals surface area (Å²) in [6.07, 6.45) is 20.9. The molecule has 4 aromatic heterocycles. The number of aryl methyl sites for hydroxylation is 1. The second kappa shape index (κ2) is 42.6. The molecule has 4 aliphatic heterocycles. The molecule has 14 rings (SSSR count). The normalized spacial score (nSPS) is 16.0. The summed E-state index contributed by atoms with van der Waals surface area (Å²) in [5.74, 6) is 3.07. The van der Waals surface area contributed by atoms with Crippen molar-refractivity contribution in [3.63, 3.8) is 0 Å². The molecule has 0 bridgehead atoms. The number of aromatic nitrogens is 6. The summed E-state index contributed by atoms with van der Waals surface area (Å²) in [7, 11) is 0. The average molecular weight is 1620 g/mol. The van der Waals surface area contributed by atoms with Gasteiger partial charge in [-0.25, -0.2) is 19.4 Å². The van der Waals surface area contributed by atoms with Gasteiger partial charge in [-0.05, 0) is 246 Å². The van der Waals surface area contributed by atoms with Crippen LogP contribution in [-0.2, 0) is 40.0 Å². The lowest BCUT2D eigenvalue weighted by molar-refractivity contribution is 0.0791. The van der Waals surface area contributed by atoms with Gasteiger partial charge >= 0.3 is 18.3 Å². The summed E-state index contributed by atoms with van der Waals surface area (Å²) < 4.78 is 36.6. The summed E-state index contributed by atoms with van der Waals surface area (Å²) in [5, 5.41) is 21.6. The molecule has 114 heavy (non-hydrogen) atoms. The van der Waals surface area contributed by atoms with Gasteiger partial charge in [0.1, 0.15) is 48.0 Å². The smallest absolute Gasteiger partial charge is 0.410 e. The number of aromatic amines is 3. The number of nitrogens with one attached hydrogen (secondary N) is 4. The number of amides is 3. The maximum atomic E-state index is 13.2. The fraction of sp³-hybridized carbons (Fsp3) is 0.478. The highest BCUT2D eigenvalue weighted by Crippen LogP contribution is 2.44. The standard InChI is InChI=1S/C32H42ClN3O3.C30H40ClN3O4.C28H32ClN5O3/c1-23(2)22-39-32(37)36-19-15-27-28-21-25(33)11-14-29(28)34-30(27)31(36)24-9-12-26(13-10-24)38-20-8-4-3-5-16-35-17-6-7-18-35;1-21(2)20-38-30(36)34-16-13-25-26-19-23(31)9-12-27(26)33-28(25)29(34)22-7-10-24(11-8-22)37-18-6-4-3-5-14-32-15-17-35;1-2-36-28(35)34-15-13-23-24-17-21(29)9-12-25(24)32-26(23)27(34)20-7-10-22(11-8-20)37-16-6-4-3-5-14-33-19-30-18-31-33/h9-14,21,23,31,34H,3-8,15-20,22H2,1-2H3;7-12,19,21,29,32-33,35H,3-6,13-18,20H2,1-2H3;7-12,17-19,27,32H,2-6,13-16H2,1H3. The van der Waals surface area contributed by atoms with E-state index in [0.717, 1.165) is 180 Å². The number of benzene rings is 6. The minimum absolute atomic E-state index is 0.186. The van der Waals surface area contributed by atoms with Crippen molar-refractivity contribution in [3.05, 3.63) is 206 Å². The molecule has 0 saturated carbocycles. The zero-order chi connectivity index (χ0) is 79.7. The Hall–Kier alpha value is -8.96. The van der Waals surface area contributed by atoms with Crippen molar-refractivity contribution < 1.29 is 47.9 Å². The van der Waals surface area contributed by atoms with Crippen LogP contribution in [0.2, 0.25) is 15.1 Å². The summed E-state index contributed by atoms with van der Waals surface area (Å²) in [5.41, 5.74) is 12.8. The van der Waals surface area contributed by atoms with Gasteiger partial charge in [0.15, 0.2) is 0 Å². The van der Waals surface area contributed by atoms with E-state index in [-0.39, 0.29) is 54.8 Å². The predicted molar refractivity (Wildman–Crippen MR) is 453 cm³/mol. The van der Waals surface area contributed by atoms with Gasteiger partial charge < -0.3 is 58.7 Å². The van der Waals surface area contributed by atoms with Crippen molar-refractivity contribution in [3.8, 4) is 17.2 Å². The maximum absolute atomic E-state index is 13.2. The lowest BCUT2D eigenvalue weighted by Gasteiger charge is -2.35. The van der Waals surface area contributed by atoms with Gasteiger partial charge in [0.2, 0.25) is 0 Å². The van der Waals surface area contributed by atoms with E-state index in [1.54, 1.807) is 17.6 Å². The fourth-order valence-electron chi connectivity index (χ4n) is 15.9. The lowest BCUT2D eigenvalue weighted by Crippen LogP contribution is -2.41. The third kappa shape index (κ3) is 22.8. The molecule has 0 radical (unpaired) electrons. The van der Waals surface area contributed by atoms with Crippen molar-refractivity contribution in [1.29, 1.82) is 0 Å². The van der Waals surface area contributed by atoms with Gasteiger partial charge in [-0.2, -0.15) is 5.10 Å². The number of carbonyl (C=O) groups excluding carboxylic acids is 3. The van der Waals surface area contributed by atoms with Crippen molar-refractivity contribution >= 4 is 85.8 Å². The van der Waals surface area contributed by atoms with E-state index in [4.69, 9.17) is 68.3 Å². The largest absolute Gasteiger partial charge is 0.494 e. The number of aliphatic hydroxyl groups is 1. The highest BCUT2D eigenvalue weighted by molar-refractivity contribution is 6.32. The van der Waals surface area contributed by atoms with Crippen LogP contribution in [0.15, 0.2) is 140 Å². The Kier molecular flexibility index (Phi) is 31.5. The Morgan fingerprint density at radius 2 is 0.851 bits per heavy atom. The number of rotatable bonds is 34. The number of hydrogen-bond donors (Lipinski definition) is 5. The van der Waals surface area contributed by atoms with Crippen LogP contribution >= 0.6 is 34.8 Å². The molecule has 4 aliphatic rings. The van der Waals surface area contributed by atoms with Crippen LogP contribution in [0.25, 0.3) is 32.7 Å². The molecule has 3 atom stereocenters. The second-order valence-electron chi connectivity index (χ2n) is 31.0. The first kappa shape index (κ1) is 84.4. The summed E-state index contributed by atoms with van der Waals surface area (Å²) in [4.78, 5) is 62.0. The zero-order valence-corrected chi connectivity index (χ0v) is 69.2. The summed E-state index contributed by atoms with van der Waals surface area (Å²) in [6, 6.07) is 41.2. The number of H-pyrrole nitrogens is 3. The molecule has 8 heterocycles. The first-order chi connectivity index (χ1) is 55.6. The van der Waals surface area contributed by atoms with Gasteiger partial charge in [0.05, 0.1) is 46.2 Å². The van der Waals surface area contributed by atoms with E-state index in [2.05, 4.69) is 47.4 Å². The molecule has 3 amide bonds. The SMILES string of the molecule is CC(C)COC(=O)N1CCc2c([nH]c3ccc(Cl)cc23)C1c1ccc(OCCCCCCN2CCCC2)cc1.CC(C)COC(=O)N1CCc2c([nH]c3ccc(Cl)cc23)C1c1ccc(OCCCCCCNCCO)cc1.CCOC(=O)N1CCc2c([nH]c3ccc(Cl)cc23)C1c1ccc(OCCCCCCn2cncn2)cc1. The number of nitrogens with zero attached hydrogens (tertiary/aromatic N) is 7. The van der Waals surface area contributed by atoms with Crippen molar-refractivity contribution in [2.75, 3.05) is 98.6 Å².